The monoisotopic (exact) mass is 183 g/mol. The molecule has 0 aromatic carbocycles. The minimum absolute atomic E-state index is 0.0610. The number of aliphatic hydroxyl groups is 1. The average Bonchev–Trinajstić information content (AvgIpc) is 2.12. The van der Waals surface area contributed by atoms with Gasteiger partial charge in [-0.15, -0.1) is 0 Å². The van der Waals surface area contributed by atoms with Crippen molar-refractivity contribution in [3.63, 3.8) is 0 Å². The Balaban J connectivity index is 5.30. The van der Waals surface area contributed by atoms with E-state index in [0.29, 0.717) is 12.0 Å². The molecule has 0 spiro atoms. The van der Waals surface area contributed by atoms with E-state index < -0.39 is 4.92 Å². The first-order valence-corrected chi connectivity index (χ1v) is 3.94. The molecule has 13 heavy (non-hydrogen) atoms. The van der Waals surface area contributed by atoms with Crippen LogP contribution in [0.1, 0.15) is 20.3 Å². The Morgan fingerprint density at radius 3 is 2.46 bits per heavy atom. The van der Waals surface area contributed by atoms with Crippen molar-refractivity contribution >= 4 is 0 Å². The van der Waals surface area contributed by atoms with Crippen LogP contribution in [0.2, 0.25) is 0 Å². The van der Waals surface area contributed by atoms with Gasteiger partial charge < -0.3 is 5.11 Å². The third-order valence-electron chi connectivity index (χ3n) is 1.64. The van der Waals surface area contributed by atoms with E-state index in [9.17, 15) is 15.2 Å². The predicted molar refractivity (Wildman–Crippen MR) is 50.9 cm³/mol. The first kappa shape index (κ1) is 11.4. The van der Waals surface area contributed by atoms with Gasteiger partial charge in [0, 0.05) is 6.08 Å². The second-order valence-corrected chi connectivity index (χ2v) is 2.35. The number of nitrogens with zero attached hydrogens (tertiary/aromatic N) is 1. The van der Waals surface area contributed by atoms with Crippen molar-refractivity contribution in [2.75, 3.05) is 0 Å². The lowest BCUT2D eigenvalue weighted by Gasteiger charge is -2.02. The van der Waals surface area contributed by atoms with Crippen molar-refractivity contribution < 1.29 is 10.0 Å². The number of allylic oxidation sites excluding steroid dienone is 3. The van der Waals surface area contributed by atoms with Crippen LogP contribution in [0.15, 0.2) is 35.8 Å². The van der Waals surface area contributed by atoms with Crippen molar-refractivity contribution in [1.29, 1.82) is 0 Å². The van der Waals surface area contributed by atoms with Crippen LogP contribution in [0.3, 0.4) is 0 Å². The average molecular weight is 183 g/mol. The zero-order valence-corrected chi connectivity index (χ0v) is 7.78. The Kier molecular flexibility index (Phi) is 4.51. The molecule has 4 nitrogen and oxygen atoms in total. The topological polar surface area (TPSA) is 63.4 Å². The lowest BCUT2D eigenvalue weighted by Crippen LogP contribution is -2.02. The van der Waals surface area contributed by atoms with E-state index in [-0.39, 0.29) is 11.5 Å². The second-order valence-electron chi connectivity index (χ2n) is 2.35. The maximum absolute atomic E-state index is 10.5. The molecular formula is C9H13NO3. The predicted octanol–water partition coefficient (Wildman–Crippen LogP) is 2.58. The van der Waals surface area contributed by atoms with E-state index in [1.54, 1.807) is 13.8 Å². The molecule has 0 heterocycles. The van der Waals surface area contributed by atoms with Crippen molar-refractivity contribution in [2.45, 2.75) is 20.3 Å². The molecule has 72 valence electrons. The van der Waals surface area contributed by atoms with Crippen molar-refractivity contribution in [3.05, 3.63) is 45.9 Å². The largest absolute Gasteiger partial charge is 0.508 e. The van der Waals surface area contributed by atoms with Gasteiger partial charge in [0.1, 0.15) is 5.76 Å². The minimum Gasteiger partial charge on any atom is -0.508 e. The SMILES string of the molecule is C=C/C(=C(CC)\C(O)=C/C)[N+](=O)[O-]. The van der Waals surface area contributed by atoms with Gasteiger partial charge in [-0.1, -0.05) is 13.5 Å². The number of rotatable bonds is 4. The molecule has 0 saturated carbocycles. The molecule has 0 atom stereocenters. The molecule has 0 aromatic heterocycles. The van der Waals surface area contributed by atoms with E-state index in [4.69, 9.17) is 0 Å². The summed E-state index contributed by atoms with van der Waals surface area (Å²) in [5.41, 5.74) is 0.167. The minimum atomic E-state index is -0.550. The molecule has 0 aromatic rings. The van der Waals surface area contributed by atoms with Gasteiger partial charge in [0.15, 0.2) is 0 Å². The normalized spacial score (nSPS) is 13.5. The maximum atomic E-state index is 10.5. The maximum Gasteiger partial charge on any atom is 0.275 e. The van der Waals surface area contributed by atoms with Crippen LogP contribution in [0.25, 0.3) is 0 Å². The summed E-state index contributed by atoms with van der Waals surface area (Å²) >= 11 is 0. The lowest BCUT2D eigenvalue weighted by molar-refractivity contribution is -0.420. The van der Waals surface area contributed by atoms with E-state index in [0.717, 1.165) is 6.08 Å². The molecule has 0 unspecified atom stereocenters. The van der Waals surface area contributed by atoms with Crippen molar-refractivity contribution in [3.8, 4) is 0 Å². The molecule has 0 aliphatic rings. The van der Waals surface area contributed by atoms with Gasteiger partial charge in [0.05, 0.1) is 10.5 Å². The molecule has 0 fully saturated rings. The van der Waals surface area contributed by atoms with Gasteiger partial charge in [-0.2, -0.15) is 0 Å². The fraction of sp³-hybridized carbons (Fsp3) is 0.333. The van der Waals surface area contributed by atoms with Crippen LogP contribution in [-0.2, 0) is 0 Å². The summed E-state index contributed by atoms with van der Waals surface area (Å²) in [5, 5.41) is 19.8. The standard InChI is InChI=1S/C9H13NO3/c1-4-7(9(11)6-3)8(5-2)10(12)13/h5-6,11H,2,4H2,1,3H3/b8-7+,9-6+. The highest BCUT2D eigenvalue weighted by molar-refractivity contribution is 5.31. The third kappa shape index (κ3) is 2.74. The summed E-state index contributed by atoms with van der Waals surface area (Å²) in [4.78, 5) is 9.94. The van der Waals surface area contributed by atoms with Crippen LogP contribution in [0.4, 0.5) is 0 Å². The zero-order valence-electron chi connectivity index (χ0n) is 7.78. The molecule has 1 N–H and O–H groups in total. The number of aliphatic hydroxyl groups excluding tert-OH is 1. The van der Waals surface area contributed by atoms with E-state index >= 15 is 0 Å². The fourth-order valence-corrected chi connectivity index (χ4v) is 0.976. The lowest BCUT2D eigenvalue weighted by atomic mass is 10.1. The van der Waals surface area contributed by atoms with Crippen molar-refractivity contribution in [1.82, 2.24) is 0 Å². The van der Waals surface area contributed by atoms with Gasteiger partial charge in [0.25, 0.3) is 5.70 Å². The Labute approximate surface area is 77.0 Å². The number of hydrogen-bond donors (Lipinski definition) is 1. The van der Waals surface area contributed by atoms with E-state index in [1.807, 2.05) is 0 Å². The third-order valence-corrected chi connectivity index (χ3v) is 1.64. The Bertz CT molecular complexity index is 277. The fourth-order valence-electron chi connectivity index (χ4n) is 0.976. The smallest absolute Gasteiger partial charge is 0.275 e. The second kappa shape index (κ2) is 5.13. The summed E-state index contributed by atoms with van der Waals surface area (Å²) in [5.74, 6) is -0.0610. The van der Waals surface area contributed by atoms with Crippen LogP contribution in [-0.4, -0.2) is 10.0 Å². The molecule has 0 bridgehead atoms. The van der Waals surface area contributed by atoms with Gasteiger partial charge >= 0.3 is 0 Å². The molecule has 0 aliphatic carbocycles. The molecule has 4 heteroatoms. The highest BCUT2D eigenvalue weighted by Crippen LogP contribution is 2.17. The highest BCUT2D eigenvalue weighted by atomic mass is 16.6. The van der Waals surface area contributed by atoms with Crippen LogP contribution < -0.4 is 0 Å². The summed E-state index contributed by atoms with van der Waals surface area (Å²) in [6, 6.07) is 0. The first-order chi connectivity index (χ1) is 6.08. The van der Waals surface area contributed by atoms with Gasteiger partial charge in [-0.25, -0.2) is 0 Å². The molecule has 0 saturated heterocycles. The first-order valence-electron chi connectivity index (χ1n) is 3.94. The Morgan fingerprint density at radius 1 is 1.69 bits per heavy atom. The van der Waals surface area contributed by atoms with Crippen LogP contribution in [0.5, 0.6) is 0 Å². The number of hydrogen-bond acceptors (Lipinski definition) is 3. The molecule has 0 aliphatic heterocycles. The van der Waals surface area contributed by atoms with E-state index in [2.05, 4.69) is 6.58 Å². The molecule has 0 radical (unpaired) electrons. The van der Waals surface area contributed by atoms with Gasteiger partial charge in [-0.05, 0) is 19.4 Å². The van der Waals surface area contributed by atoms with Crippen LogP contribution in [0, 0.1) is 10.1 Å². The van der Waals surface area contributed by atoms with Crippen LogP contribution >= 0.6 is 0 Å². The number of nitro groups is 1. The Morgan fingerprint density at radius 2 is 2.23 bits per heavy atom. The van der Waals surface area contributed by atoms with Gasteiger partial charge in [-0.3, -0.25) is 10.1 Å². The van der Waals surface area contributed by atoms with Crippen molar-refractivity contribution in [2.24, 2.45) is 0 Å². The molecule has 0 rings (SSSR count). The zero-order chi connectivity index (χ0) is 10.4. The Hall–Kier alpha value is -1.58. The highest BCUT2D eigenvalue weighted by Gasteiger charge is 2.15. The van der Waals surface area contributed by atoms with Gasteiger partial charge in [0.2, 0.25) is 0 Å². The molecular weight excluding hydrogens is 170 g/mol. The summed E-state index contributed by atoms with van der Waals surface area (Å²) in [6.45, 7) is 6.68. The molecule has 0 amide bonds. The van der Waals surface area contributed by atoms with E-state index in [1.165, 1.54) is 6.08 Å². The summed E-state index contributed by atoms with van der Waals surface area (Å²) in [7, 11) is 0. The summed E-state index contributed by atoms with van der Waals surface area (Å²) in [6.07, 6.45) is 2.96. The summed E-state index contributed by atoms with van der Waals surface area (Å²) < 4.78 is 0. The quantitative estimate of drug-likeness (QED) is 0.315.